The average molecular weight is 281 g/mol. The van der Waals surface area contributed by atoms with Crippen molar-refractivity contribution in [2.24, 2.45) is 11.8 Å². The first-order valence-electron chi connectivity index (χ1n) is 6.31. The summed E-state index contributed by atoms with van der Waals surface area (Å²) in [7, 11) is -3.28. The predicted octanol–water partition coefficient (Wildman–Crippen LogP) is 2.33. The molecule has 1 fully saturated rings. The van der Waals surface area contributed by atoms with Crippen molar-refractivity contribution in [3.8, 4) is 0 Å². The van der Waals surface area contributed by atoms with Crippen LogP contribution in [0.2, 0.25) is 0 Å². The minimum atomic E-state index is -3.87. The van der Waals surface area contributed by atoms with Gasteiger partial charge in [0, 0.05) is 12.3 Å². The zero-order valence-corrected chi connectivity index (χ0v) is 12.0. The van der Waals surface area contributed by atoms with E-state index in [0.717, 1.165) is 12.5 Å². The van der Waals surface area contributed by atoms with Gasteiger partial charge in [0.1, 0.15) is 0 Å². The Labute approximate surface area is 108 Å². The molecule has 0 saturated heterocycles. The fraction of sp³-hybridized carbons (Fsp3) is 1.00. The van der Waals surface area contributed by atoms with Gasteiger partial charge in [0.25, 0.3) is 0 Å². The summed E-state index contributed by atoms with van der Waals surface area (Å²) in [5.41, 5.74) is 0. The topological polar surface area (TPSA) is 66.4 Å². The second-order valence-corrected chi connectivity index (χ2v) is 8.30. The van der Waals surface area contributed by atoms with Crippen LogP contribution in [0, 0.1) is 11.8 Å². The SMILES string of the molecule is CC(CNCCSS(=O)(=O)O)C1CCCCC1. The van der Waals surface area contributed by atoms with Crippen LogP contribution < -0.4 is 5.32 Å². The lowest BCUT2D eigenvalue weighted by Crippen LogP contribution is -2.29. The van der Waals surface area contributed by atoms with Crippen LogP contribution in [0.5, 0.6) is 0 Å². The number of hydrogen-bond acceptors (Lipinski definition) is 4. The van der Waals surface area contributed by atoms with Crippen LogP contribution in [0.4, 0.5) is 0 Å². The molecule has 6 heteroatoms. The molecule has 102 valence electrons. The summed E-state index contributed by atoms with van der Waals surface area (Å²) in [6.45, 7) is 3.83. The van der Waals surface area contributed by atoms with E-state index in [9.17, 15) is 8.42 Å². The first kappa shape index (κ1) is 15.3. The van der Waals surface area contributed by atoms with Gasteiger partial charge in [-0.05, 0) is 29.2 Å². The Balaban J connectivity index is 2.05. The van der Waals surface area contributed by atoms with Gasteiger partial charge in [-0.25, -0.2) is 0 Å². The summed E-state index contributed by atoms with van der Waals surface area (Å²) in [5.74, 6) is 1.88. The second-order valence-electron chi connectivity index (χ2n) is 4.83. The molecule has 1 rings (SSSR count). The number of rotatable bonds is 7. The van der Waals surface area contributed by atoms with E-state index in [1.165, 1.54) is 32.1 Å². The van der Waals surface area contributed by atoms with Crippen molar-refractivity contribution in [3.05, 3.63) is 0 Å². The van der Waals surface area contributed by atoms with Gasteiger partial charge in [-0.3, -0.25) is 4.55 Å². The monoisotopic (exact) mass is 281 g/mol. The van der Waals surface area contributed by atoms with Crippen LogP contribution in [-0.4, -0.2) is 31.8 Å². The quantitative estimate of drug-likeness (QED) is 0.426. The highest BCUT2D eigenvalue weighted by atomic mass is 33.1. The van der Waals surface area contributed by atoms with Crippen molar-refractivity contribution >= 4 is 19.9 Å². The molecule has 2 N–H and O–H groups in total. The van der Waals surface area contributed by atoms with E-state index in [4.69, 9.17) is 4.55 Å². The van der Waals surface area contributed by atoms with Gasteiger partial charge in [-0.15, -0.1) is 0 Å². The Kier molecular flexibility index (Phi) is 6.84. The zero-order chi connectivity index (χ0) is 12.7. The number of hydrogen-bond donors (Lipinski definition) is 2. The fourth-order valence-corrected chi connectivity index (χ4v) is 3.74. The summed E-state index contributed by atoms with van der Waals surface area (Å²) < 4.78 is 29.5. The normalized spacial score (nSPS) is 20.4. The minimum absolute atomic E-state index is 0.399. The van der Waals surface area contributed by atoms with Crippen molar-refractivity contribution in [1.29, 1.82) is 0 Å². The summed E-state index contributed by atoms with van der Waals surface area (Å²) in [6.07, 6.45) is 6.76. The van der Waals surface area contributed by atoms with E-state index in [-0.39, 0.29) is 0 Å². The van der Waals surface area contributed by atoms with Crippen molar-refractivity contribution in [2.75, 3.05) is 18.8 Å². The lowest BCUT2D eigenvalue weighted by Gasteiger charge is -2.27. The van der Waals surface area contributed by atoms with Gasteiger partial charge in [0.05, 0.1) is 0 Å². The predicted molar refractivity (Wildman–Crippen MR) is 72.6 cm³/mol. The maximum Gasteiger partial charge on any atom is 0.319 e. The first-order chi connectivity index (χ1) is 7.99. The molecule has 0 amide bonds. The van der Waals surface area contributed by atoms with Gasteiger partial charge in [-0.1, -0.05) is 39.0 Å². The van der Waals surface area contributed by atoms with Gasteiger partial charge < -0.3 is 5.32 Å². The molecule has 0 bridgehead atoms. The van der Waals surface area contributed by atoms with Crippen LogP contribution in [0.1, 0.15) is 39.0 Å². The smallest absolute Gasteiger partial charge is 0.316 e. The summed E-state index contributed by atoms with van der Waals surface area (Å²) >= 11 is 0. The molecular formula is C11H23NO3S2. The molecule has 1 saturated carbocycles. The Hall–Kier alpha value is 0.220. The molecule has 0 heterocycles. The molecule has 17 heavy (non-hydrogen) atoms. The Bertz CT molecular complexity index is 300. The molecule has 0 aromatic rings. The molecule has 4 nitrogen and oxygen atoms in total. The number of nitrogens with one attached hydrogen (secondary N) is 1. The van der Waals surface area contributed by atoms with Crippen LogP contribution in [0.3, 0.4) is 0 Å². The molecule has 0 aromatic carbocycles. The minimum Gasteiger partial charge on any atom is -0.316 e. The Morgan fingerprint density at radius 3 is 2.59 bits per heavy atom. The van der Waals surface area contributed by atoms with Gasteiger partial charge in [0.2, 0.25) is 0 Å². The molecule has 1 atom stereocenters. The van der Waals surface area contributed by atoms with Gasteiger partial charge >= 0.3 is 9.15 Å². The standard InChI is InChI=1S/C11H23NO3S2/c1-10(11-5-3-2-4-6-11)9-12-7-8-16-17(13,14)15/h10-12H,2-9H2,1H3,(H,13,14,15). The molecule has 0 aliphatic heterocycles. The van der Waals surface area contributed by atoms with Crippen molar-refractivity contribution in [3.63, 3.8) is 0 Å². The fourth-order valence-electron chi connectivity index (χ4n) is 2.42. The third kappa shape index (κ3) is 7.28. The van der Waals surface area contributed by atoms with E-state index < -0.39 is 9.15 Å². The van der Waals surface area contributed by atoms with Crippen LogP contribution in [0.15, 0.2) is 0 Å². The van der Waals surface area contributed by atoms with Crippen LogP contribution >= 0.6 is 10.8 Å². The maximum atomic E-state index is 10.5. The molecule has 1 unspecified atom stereocenters. The summed E-state index contributed by atoms with van der Waals surface area (Å²) in [5, 5.41) is 3.26. The third-order valence-corrected chi connectivity index (χ3v) is 5.49. The highest BCUT2D eigenvalue weighted by Crippen LogP contribution is 2.29. The lowest BCUT2D eigenvalue weighted by molar-refractivity contribution is 0.258. The molecule has 1 aliphatic rings. The van der Waals surface area contributed by atoms with Crippen LogP contribution in [-0.2, 0) is 9.15 Å². The van der Waals surface area contributed by atoms with E-state index >= 15 is 0 Å². The third-order valence-electron chi connectivity index (χ3n) is 3.43. The lowest BCUT2D eigenvalue weighted by atomic mass is 9.81. The van der Waals surface area contributed by atoms with Crippen molar-refractivity contribution in [1.82, 2.24) is 5.32 Å². The molecular weight excluding hydrogens is 258 g/mol. The van der Waals surface area contributed by atoms with Crippen molar-refractivity contribution < 1.29 is 13.0 Å². The van der Waals surface area contributed by atoms with E-state index in [1.54, 1.807) is 0 Å². The van der Waals surface area contributed by atoms with E-state index in [0.29, 0.717) is 29.0 Å². The van der Waals surface area contributed by atoms with Crippen molar-refractivity contribution in [2.45, 2.75) is 39.0 Å². The van der Waals surface area contributed by atoms with Gasteiger partial charge in [0.15, 0.2) is 0 Å². The Morgan fingerprint density at radius 2 is 2.00 bits per heavy atom. The Morgan fingerprint density at radius 1 is 1.35 bits per heavy atom. The average Bonchev–Trinajstić information content (AvgIpc) is 2.28. The first-order valence-corrected chi connectivity index (χ1v) is 9.26. The summed E-state index contributed by atoms with van der Waals surface area (Å²) in [6, 6.07) is 0. The summed E-state index contributed by atoms with van der Waals surface area (Å²) in [4.78, 5) is 0. The molecule has 0 radical (unpaired) electrons. The van der Waals surface area contributed by atoms with Gasteiger partial charge in [-0.2, -0.15) is 8.42 Å². The zero-order valence-electron chi connectivity index (χ0n) is 10.4. The maximum absolute atomic E-state index is 10.5. The molecule has 0 spiro atoms. The van der Waals surface area contributed by atoms with E-state index in [1.807, 2.05) is 0 Å². The van der Waals surface area contributed by atoms with Crippen LogP contribution in [0.25, 0.3) is 0 Å². The van der Waals surface area contributed by atoms with E-state index in [2.05, 4.69) is 12.2 Å². The molecule has 0 aromatic heterocycles. The molecule has 1 aliphatic carbocycles. The largest absolute Gasteiger partial charge is 0.319 e. The highest BCUT2D eigenvalue weighted by Gasteiger charge is 2.19. The highest BCUT2D eigenvalue weighted by molar-refractivity contribution is 8.69. The second kappa shape index (κ2) is 7.61.